The predicted octanol–water partition coefficient (Wildman–Crippen LogP) is 3.65. The van der Waals surface area contributed by atoms with E-state index in [0.29, 0.717) is 42.2 Å². The summed E-state index contributed by atoms with van der Waals surface area (Å²) in [6.45, 7) is 3.23. The molecule has 1 aliphatic rings. The van der Waals surface area contributed by atoms with E-state index in [1.807, 2.05) is 37.3 Å². The number of aromatic nitrogens is 4. The van der Waals surface area contributed by atoms with Gasteiger partial charge in [0, 0.05) is 62.5 Å². The fraction of sp³-hybridized carbons (Fsp3) is 0.344. The first-order valence-corrected chi connectivity index (χ1v) is 14.3. The van der Waals surface area contributed by atoms with Crippen LogP contribution in [0.1, 0.15) is 39.7 Å². The number of benzene rings is 1. The van der Waals surface area contributed by atoms with E-state index in [1.165, 1.54) is 26.5 Å². The van der Waals surface area contributed by atoms with Gasteiger partial charge in [-0.25, -0.2) is 19.0 Å². The summed E-state index contributed by atoms with van der Waals surface area (Å²) in [5.41, 5.74) is 9.50. The first-order chi connectivity index (χ1) is 21.7. The van der Waals surface area contributed by atoms with Crippen molar-refractivity contribution in [2.24, 2.45) is 11.7 Å². The van der Waals surface area contributed by atoms with Crippen LogP contribution in [0.2, 0.25) is 0 Å². The monoisotopic (exact) mass is 618 g/mol. The van der Waals surface area contributed by atoms with Crippen molar-refractivity contribution >= 4 is 11.7 Å². The Bertz CT molecular complexity index is 1680. The van der Waals surface area contributed by atoms with Crippen LogP contribution in [-0.2, 0) is 20.8 Å². The van der Waals surface area contributed by atoms with Gasteiger partial charge in [-0.2, -0.15) is 10.2 Å². The van der Waals surface area contributed by atoms with E-state index < -0.39 is 17.8 Å². The summed E-state index contributed by atoms with van der Waals surface area (Å²) in [6.07, 6.45) is 2.70. The minimum atomic E-state index is -0.684. The summed E-state index contributed by atoms with van der Waals surface area (Å²) in [7, 11) is 4.35. The molecule has 4 aromatic rings. The Morgan fingerprint density at radius 2 is 1.80 bits per heavy atom. The van der Waals surface area contributed by atoms with Crippen molar-refractivity contribution in [1.29, 1.82) is 0 Å². The van der Waals surface area contributed by atoms with Crippen LogP contribution in [0.3, 0.4) is 0 Å². The number of Topliss-reactive ketones (excluding diaryl/α,β-unsaturated/α-hetero) is 1. The van der Waals surface area contributed by atoms with Crippen LogP contribution < -0.4 is 15.2 Å². The second-order valence-corrected chi connectivity index (χ2v) is 10.7. The molecule has 13 heteroatoms. The lowest BCUT2D eigenvalue weighted by molar-refractivity contribution is -0.155. The Hall–Kier alpha value is -4.72. The predicted molar refractivity (Wildman–Crippen MR) is 161 cm³/mol. The number of nitrogens with zero attached hydrogens (tertiary/aromatic N) is 5. The molecule has 5 rings (SSSR count). The molecular formula is C32H35FN6O6. The molecular weight excluding hydrogens is 583 g/mol. The number of nitrogens with two attached hydrogens (primary N) is 1. The maximum Gasteiger partial charge on any atom is 0.254 e. The standard InChI is InChI=1S/C32H35FN6O6/c1-19-27(39(23-8-6-5-7-9-23)37-28(19)20-13-25(30(34)41)31(43-3)35-16-20)15-24(40)12-22-18-38(10-11-42-2)45-29(22)21-14-26(33)32(44-4)36-17-21/h5-9,13-14,16-17,22,29H,10-12,15,18H2,1-4H3,(H2,34,41)/t22-,29+/m1/s1. The number of ether oxygens (including phenoxy) is 3. The number of rotatable bonds is 13. The third-order valence-electron chi connectivity index (χ3n) is 7.71. The van der Waals surface area contributed by atoms with Crippen LogP contribution in [0, 0.1) is 18.7 Å². The maximum atomic E-state index is 14.6. The van der Waals surface area contributed by atoms with Crippen molar-refractivity contribution in [2.45, 2.75) is 25.9 Å². The fourth-order valence-electron chi connectivity index (χ4n) is 5.50. The largest absolute Gasteiger partial charge is 0.480 e. The Balaban J connectivity index is 1.46. The second kappa shape index (κ2) is 13.9. The number of halogens is 1. The van der Waals surface area contributed by atoms with E-state index in [1.54, 1.807) is 29.1 Å². The second-order valence-electron chi connectivity index (χ2n) is 10.7. The lowest BCUT2D eigenvalue weighted by Crippen LogP contribution is -2.24. The minimum absolute atomic E-state index is 0.0541. The molecule has 1 aliphatic heterocycles. The zero-order valence-electron chi connectivity index (χ0n) is 25.5. The van der Waals surface area contributed by atoms with Gasteiger partial charge in [0.2, 0.25) is 11.8 Å². The van der Waals surface area contributed by atoms with Gasteiger partial charge in [-0.1, -0.05) is 18.2 Å². The molecule has 2 N–H and O–H groups in total. The SMILES string of the molecule is COCCN1C[C@@H](CC(=O)Cc2c(C)c(-c3cnc(OC)c(C(N)=O)c3)nn2-c2ccccc2)[C@H](c2cnc(OC)c(F)c2)O1. The van der Waals surface area contributed by atoms with Crippen LogP contribution in [0.25, 0.3) is 16.9 Å². The fourth-order valence-corrected chi connectivity index (χ4v) is 5.50. The van der Waals surface area contributed by atoms with Crippen molar-refractivity contribution in [3.8, 4) is 28.7 Å². The quantitative estimate of drug-likeness (QED) is 0.236. The van der Waals surface area contributed by atoms with Gasteiger partial charge in [0.25, 0.3) is 5.91 Å². The van der Waals surface area contributed by atoms with Crippen molar-refractivity contribution in [2.75, 3.05) is 41.0 Å². The highest BCUT2D eigenvalue weighted by atomic mass is 19.1. The molecule has 0 aliphatic carbocycles. The molecule has 1 amide bonds. The van der Waals surface area contributed by atoms with Gasteiger partial charge in [-0.05, 0) is 36.8 Å². The minimum Gasteiger partial charge on any atom is -0.480 e. The molecule has 0 saturated carbocycles. The molecule has 2 atom stereocenters. The smallest absolute Gasteiger partial charge is 0.254 e. The number of pyridine rings is 2. The molecule has 1 aromatic carbocycles. The highest BCUT2D eigenvalue weighted by Crippen LogP contribution is 2.38. The van der Waals surface area contributed by atoms with Gasteiger partial charge >= 0.3 is 0 Å². The first kappa shape index (κ1) is 31.7. The topological polar surface area (TPSA) is 144 Å². The summed E-state index contributed by atoms with van der Waals surface area (Å²) in [5, 5.41) is 6.58. The Kier molecular flexibility index (Phi) is 9.81. The number of hydrogen-bond donors (Lipinski definition) is 1. The molecule has 4 heterocycles. The number of methoxy groups -OCH3 is 3. The van der Waals surface area contributed by atoms with E-state index in [-0.39, 0.29) is 41.9 Å². The molecule has 45 heavy (non-hydrogen) atoms. The van der Waals surface area contributed by atoms with Gasteiger partial charge in [-0.15, -0.1) is 0 Å². The molecule has 1 fully saturated rings. The van der Waals surface area contributed by atoms with Gasteiger partial charge in [-0.3, -0.25) is 14.4 Å². The summed E-state index contributed by atoms with van der Waals surface area (Å²) in [4.78, 5) is 40.4. The third kappa shape index (κ3) is 6.85. The number of amides is 1. The van der Waals surface area contributed by atoms with Gasteiger partial charge in [0.05, 0.1) is 37.9 Å². The summed E-state index contributed by atoms with van der Waals surface area (Å²) < 4.78 is 31.7. The Labute approximate surface area is 259 Å². The number of carbonyl (C=O) groups is 2. The van der Waals surface area contributed by atoms with Crippen LogP contribution >= 0.6 is 0 Å². The normalized spacial score (nSPS) is 16.6. The molecule has 0 unspecified atom stereocenters. The van der Waals surface area contributed by atoms with Gasteiger partial charge in [0.1, 0.15) is 17.5 Å². The molecule has 3 aromatic heterocycles. The number of para-hydroxylation sites is 1. The molecule has 0 spiro atoms. The van der Waals surface area contributed by atoms with E-state index in [9.17, 15) is 14.0 Å². The van der Waals surface area contributed by atoms with Gasteiger partial charge in [0.15, 0.2) is 5.82 Å². The van der Waals surface area contributed by atoms with Crippen LogP contribution in [0.15, 0.2) is 54.9 Å². The lowest BCUT2D eigenvalue weighted by Gasteiger charge is -2.18. The Morgan fingerprint density at radius 1 is 1.07 bits per heavy atom. The number of primary amides is 1. The first-order valence-electron chi connectivity index (χ1n) is 14.3. The van der Waals surface area contributed by atoms with Crippen LogP contribution in [0.4, 0.5) is 4.39 Å². The van der Waals surface area contributed by atoms with E-state index >= 15 is 0 Å². The zero-order valence-corrected chi connectivity index (χ0v) is 25.5. The van der Waals surface area contributed by atoms with Gasteiger partial charge < -0.3 is 19.9 Å². The number of hydroxylamine groups is 2. The number of ketones is 1. The lowest BCUT2D eigenvalue weighted by atomic mass is 9.91. The number of hydrogen-bond acceptors (Lipinski definition) is 10. The molecule has 236 valence electrons. The molecule has 12 nitrogen and oxygen atoms in total. The highest BCUT2D eigenvalue weighted by Gasteiger charge is 2.37. The highest BCUT2D eigenvalue weighted by molar-refractivity contribution is 5.96. The van der Waals surface area contributed by atoms with E-state index in [0.717, 1.165) is 11.3 Å². The van der Waals surface area contributed by atoms with Crippen molar-refractivity contribution < 1.29 is 33.0 Å². The van der Waals surface area contributed by atoms with Crippen LogP contribution in [-0.4, -0.2) is 77.5 Å². The summed E-state index contributed by atoms with van der Waals surface area (Å²) in [5.74, 6) is -1.63. The summed E-state index contributed by atoms with van der Waals surface area (Å²) >= 11 is 0. The average molecular weight is 619 g/mol. The Morgan fingerprint density at radius 3 is 2.47 bits per heavy atom. The molecule has 1 saturated heterocycles. The number of carbonyl (C=O) groups excluding carboxylic acids is 2. The zero-order chi connectivity index (χ0) is 32.1. The van der Waals surface area contributed by atoms with Crippen LogP contribution in [0.5, 0.6) is 11.8 Å². The summed E-state index contributed by atoms with van der Waals surface area (Å²) in [6, 6.07) is 12.4. The molecule has 0 radical (unpaired) electrons. The van der Waals surface area contributed by atoms with E-state index in [4.69, 9.17) is 29.9 Å². The maximum absolute atomic E-state index is 14.6. The third-order valence-corrected chi connectivity index (χ3v) is 7.71. The average Bonchev–Trinajstić information content (AvgIpc) is 3.60. The molecule has 0 bridgehead atoms. The van der Waals surface area contributed by atoms with Crippen molar-refractivity contribution in [1.82, 2.24) is 24.8 Å². The van der Waals surface area contributed by atoms with Crippen molar-refractivity contribution in [3.05, 3.63) is 83.1 Å². The van der Waals surface area contributed by atoms with E-state index in [2.05, 4.69) is 9.97 Å². The van der Waals surface area contributed by atoms with Crippen molar-refractivity contribution in [3.63, 3.8) is 0 Å².